The molecule has 1 aromatic carbocycles. The molecule has 0 saturated carbocycles. The molecule has 0 aromatic heterocycles. The van der Waals surface area contributed by atoms with Crippen molar-refractivity contribution in [3.8, 4) is 0 Å². The Morgan fingerprint density at radius 1 is 1.25 bits per heavy atom. The molecule has 0 bridgehead atoms. The first-order valence-corrected chi connectivity index (χ1v) is 11.7. The Morgan fingerprint density at radius 3 is 2.44 bits per heavy atom. The van der Waals surface area contributed by atoms with Gasteiger partial charge in [0.1, 0.15) is 5.82 Å². The molecular weight excluding hydrogens is 251 g/mol. The average molecular weight is 267 g/mol. The molecule has 1 heterocycles. The summed E-state index contributed by atoms with van der Waals surface area (Å²) >= 11 is -0.232. The summed E-state index contributed by atoms with van der Waals surface area (Å²) in [6, 6.07) is 9.98. The highest BCUT2D eigenvalue weighted by atomic mass is 35.5. The van der Waals surface area contributed by atoms with Gasteiger partial charge in [0.25, 0.3) is 0 Å². The van der Waals surface area contributed by atoms with Crippen molar-refractivity contribution >= 4 is 37.1 Å². The summed E-state index contributed by atoms with van der Waals surface area (Å²) in [4.78, 5) is 0. The molecule has 4 heteroatoms. The third-order valence-corrected chi connectivity index (χ3v) is 12.1. The van der Waals surface area contributed by atoms with Crippen LogP contribution in [0, 0.1) is 5.82 Å². The van der Waals surface area contributed by atoms with Crippen molar-refractivity contribution in [1.82, 2.24) is 0 Å². The van der Waals surface area contributed by atoms with Gasteiger partial charge in [-0.3, -0.25) is 0 Å². The van der Waals surface area contributed by atoms with Crippen LogP contribution >= 0.6 is 9.07 Å². The Bertz CT molecular complexity index is 322. The van der Waals surface area contributed by atoms with Crippen LogP contribution in [0.1, 0.15) is 24.3 Å². The SMILES string of the molecule is Fc1ccc(C2CC[SiH]([CH2][Mg][Cl])CC2)cc1. The van der Waals surface area contributed by atoms with Gasteiger partial charge in [0.2, 0.25) is 0 Å². The molecule has 0 spiro atoms. The molecule has 16 heavy (non-hydrogen) atoms. The zero-order chi connectivity index (χ0) is 11.4. The van der Waals surface area contributed by atoms with Gasteiger partial charge < -0.3 is 9.07 Å². The van der Waals surface area contributed by atoms with Crippen molar-refractivity contribution in [2.45, 2.75) is 35.0 Å². The van der Waals surface area contributed by atoms with Gasteiger partial charge in [0.15, 0.2) is 0 Å². The van der Waals surface area contributed by atoms with Gasteiger partial charge in [0.05, 0.1) is 0 Å². The molecular formula is C12H16ClFMgSi. The quantitative estimate of drug-likeness (QED) is 0.732. The van der Waals surface area contributed by atoms with Crippen molar-refractivity contribution in [3.05, 3.63) is 35.6 Å². The fourth-order valence-electron chi connectivity index (χ4n) is 2.67. The summed E-state index contributed by atoms with van der Waals surface area (Å²) in [5.41, 5.74) is 1.33. The molecule has 0 atom stereocenters. The second kappa shape index (κ2) is 6.38. The molecule has 1 aromatic rings. The van der Waals surface area contributed by atoms with E-state index in [1.165, 1.54) is 34.7 Å². The molecule has 1 fully saturated rings. The van der Waals surface area contributed by atoms with E-state index in [4.69, 9.17) is 9.07 Å². The van der Waals surface area contributed by atoms with Crippen LogP contribution < -0.4 is 0 Å². The number of halogens is 2. The molecule has 0 N–H and O–H groups in total. The number of rotatable bonds is 3. The van der Waals surface area contributed by atoms with Gasteiger partial charge in [-0.15, -0.1) is 4.17 Å². The minimum absolute atomic E-state index is 0.125. The maximum absolute atomic E-state index is 12.8. The van der Waals surface area contributed by atoms with Gasteiger partial charge >= 0.3 is 19.3 Å². The van der Waals surface area contributed by atoms with Crippen molar-refractivity contribution in [2.24, 2.45) is 0 Å². The topological polar surface area (TPSA) is 0 Å². The zero-order valence-electron chi connectivity index (χ0n) is 9.46. The predicted octanol–water partition coefficient (Wildman–Crippen LogP) is 3.75. The summed E-state index contributed by atoms with van der Waals surface area (Å²) in [5, 5.41) is 0. The highest BCUT2D eigenvalue weighted by Crippen LogP contribution is 2.34. The van der Waals surface area contributed by atoms with E-state index in [2.05, 4.69) is 0 Å². The third-order valence-electron chi connectivity index (χ3n) is 3.71. The monoisotopic (exact) mass is 266 g/mol. The minimum atomic E-state index is -0.442. The van der Waals surface area contributed by atoms with E-state index < -0.39 is 8.80 Å². The first kappa shape index (κ1) is 12.9. The van der Waals surface area contributed by atoms with Crippen LogP contribution in [0.5, 0.6) is 0 Å². The van der Waals surface area contributed by atoms with Gasteiger partial charge in [-0.1, -0.05) is 24.2 Å². The lowest BCUT2D eigenvalue weighted by Gasteiger charge is -2.27. The van der Waals surface area contributed by atoms with Gasteiger partial charge in [0, 0.05) is 8.80 Å². The predicted molar refractivity (Wildman–Crippen MR) is 71.6 cm³/mol. The Morgan fingerprint density at radius 2 is 1.88 bits per heavy atom. The van der Waals surface area contributed by atoms with E-state index in [1.54, 1.807) is 12.1 Å². The lowest BCUT2D eigenvalue weighted by Crippen LogP contribution is -2.21. The van der Waals surface area contributed by atoms with Gasteiger partial charge in [-0.05, 0) is 36.5 Å². The number of benzene rings is 1. The maximum atomic E-state index is 12.8. The van der Waals surface area contributed by atoms with E-state index in [9.17, 15) is 4.39 Å². The van der Waals surface area contributed by atoms with Crippen molar-refractivity contribution < 1.29 is 4.39 Å². The third kappa shape index (κ3) is 3.46. The molecule has 2 rings (SSSR count). The van der Waals surface area contributed by atoms with Crippen molar-refractivity contribution in [1.29, 1.82) is 0 Å². The lowest BCUT2D eigenvalue weighted by molar-refractivity contribution is 0.599. The summed E-state index contributed by atoms with van der Waals surface area (Å²) in [7, 11) is 5.50. The van der Waals surface area contributed by atoms with Crippen LogP contribution in [0.3, 0.4) is 0 Å². The normalized spacial score (nSPS) is 25.1. The highest BCUT2D eigenvalue weighted by molar-refractivity contribution is 6.98. The molecule has 0 unspecified atom stereocenters. The Balaban J connectivity index is 1.91. The molecule has 1 aliphatic rings. The molecule has 0 radical (unpaired) electrons. The molecule has 1 aliphatic heterocycles. The van der Waals surface area contributed by atoms with Gasteiger partial charge in [-0.25, -0.2) is 4.39 Å². The zero-order valence-corrected chi connectivity index (χ0v) is 12.8. The molecule has 0 aliphatic carbocycles. The minimum Gasteiger partial charge on any atom is -0.346 e. The molecule has 0 amide bonds. The first-order valence-electron chi connectivity index (χ1n) is 6.11. The lowest BCUT2D eigenvalue weighted by atomic mass is 9.93. The van der Waals surface area contributed by atoms with Crippen molar-refractivity contribution in [3.63, 3.8) is 0 Å². The Kier molecular flexibility index (Phi) is 5.13. The number of hydrogen-bond acceptors (Lipinski definition) is 0. The van der Waals surface area contributed by atoms with Crippen LogP contribution in [0.2, 0.25) is 16.3 Å². The van der Waals surface area contributed by atoms with Crippen LogP contribution in [0.15, 0.2) is 24.3 Å². The second-order valence-electron chi connectivity index (χ2n) is 4.75. The fourth-order valence-corrected chi connectivity index (χ4v) is 11.0. The van der Waals surface area contributed by atoms with Gasteiger partial charge in [-0.2, -0.15) is 0 Å². The van der Waals surface area contributed by atoms with Crippen LogP contribution in [0.25, 0.3) is 0 Å². The molecule has 0 nitrogen and oxygen atoms in total. The summed E-state index contributed by atoms with van der Waals surface area (Å²) in [5.74, 6) is 0.557. The molecule has 1 saturated heterocycles. The van der Waals surface area contributed by atoms with E-state index in [-0.39, 0.29) is 25.1 Å². The summed E-state index contributed by atoms with van der Waals surface area (Å²) < 4.78 is 14.2. The number of hydrogen-bond donors (Lipinski definition) is 0. The largest absolute Gasteiger partial charge is 0.498 e. The van der Waals surface area contributed by atoms with Crippen LogP contribution in [0.4, 0.5) is 4.39 Å². The Hall–Kier alpha value is 0.423. The highest BCUT2D eigenvalue weighted by Gasteiger charge is 2.22. The van der Waals surface area contributed by atoms with Crippen LogP contribution in [-0.2, 0) is 0 Å². The smallest absolute Gasteiger partial charge is 0.346 e. The maximum Gasteiger partial charge on any atom is 0.498 e. The van der Waals surface area contributed by atoms with E-state index >= 15 is 0 Å². The van der Waals surface area contributed by atoms with Crippen LogP contribution in [-0.4, -0.2) is 28.1 Å². The van der Waals surface area contributed by atoms with E-state index in [1.807, 2.05) is 12.1 Å². The second-order valence-corrected chi connectivity index (χ2v) is 11.5. The summed E-state index contributed by atoms with van der Waals surface area (Å²) in [6.07, 6.45) is 2.63. The van der Waals surface area contributed by atoms with E-state index in [0.717, 1.165) is 0 Å². The molecule has 84 valence electrons. The Labute approximate surface area is 112 Å². The summed E-state index contributed by atoms with van der Waals surface area (Å²) in [6.45, 7) is 0. The fraction of sp³-hybridized carbons (Fsp3) is 0.500. The average Bonchev–Trinajstić information content (AvgIpc) is 2.32. The first-order chi connectivity index (χ1) is 7.79. The van der Waals surface area contributed by atoms with E-state index in [0.29, 0.717) is 5.92 Å². The van der Waals surface area contributed by atoms with Crippen molar-refractivity contribution in [2.75, 3.05) is 0 Å². The standard InChI is InChI=1S/C12H16FSi.ClH.Mg/c1-14-8-6-11(7-9-14)10-2-4-12(13)5-3-10;;/h2-5,11,14H,1,6-9H2;1H;/q;;+1/p-1.